The number of aryl methyl sites for hydroxylation is 2. The summed E-state index contributed by atoms with van der Waals surface area (Å²) in [5, 5.41) is 7.69. The normalized spacial score (nSPS) is 10.8. The summed E-state index contributed by atoms with van der Waals surface area (Å²) in [6.45, 7) is 7.56. The van der Waals surface area contributed by atoms with Crippen LogP contribution in [0.4, 0.5) is 0 Å². The number of aromatic nitrogens is 3. The molecule has 6 nitrogen and oxygen atoms in total. The summed E-state index contributed by atoms with van der Waals surface area (Å²) in [6.07, 6.45) is 1.80. The first kappa shape index (κ1) is 22.2. The second-order valence-corrected chi connectivity index (χ2v) is 7.70. The molecule has 1 heterocycles. The van der Waals surface area contributed by atoms with Crippen LogP contribution >= 0.6 is 23.8 Å². The molecule has 2 aromatic carbocycles. The molecule has 0 saturated carbocycles. The first-order valence-corrected chi connectivity index (χ1v) is 10.8. The summed E-state index contributed by atoms with van der Waals surface area (Å²) in [4.78, 5) is 0. The van der Waals surface area contributed by atoms with Gasteiger partial charge in [0.2, 0.25) is 4.77 Å². The highest BCUT2D eigenvalue weighted by Crippen LogP contribution is 2.34. The fourth-order valence-corrected chi connectivity index (χ4v) is 3.51. The molecule has 0 atom stereocenters. The van der Waals surface area contributed by atoms with Crippen molar-refractivity contribution < 1.29 is 9.47 Å². The third-order valence-electron chi connectivity index (χ3n) is 4.70. The number of ether oxygens (including phenoxy) is 2. The summed E-state index contributed by atoms with van der Waals surface area (Å²) in [7, 11) is 0. The van der Waals surface area contributed by atoms with E-state index in [4.69, 9.17) is 33.3 Å². The molecule has 8 heteroatoms. The van der Waals surface area contributed by atoms with Gasteiger partial charge in [0.25, 0.3) is 0 Å². The Morgan fingerprint density at radius 2 is 1.90 bits per heavy atom. The van der Waals surface area contributed by atoms with Gasteiger partial charge in [0.05, 0.1) is 13.2 Å². The number of rotatable bonds is 10. The number of hydrogen-bond acceptors (Lipinski definition) is 5. The molecule has 30 heavy (non-hydrogen) atoms. The number of aromatic amines is 1. The summed E-state index contributed by atoms with van der Waals surface area (Å²) >= 11 is 11.9. The average Bonchev–Trinajstić information content (AvgIpc) is 3.08. The number of halogens is 1. The third-order valence-corrected chi connectivity index (χ3v) is 5.33. The lowest BCUT2D eigenvalue weighted by Crippen LogP contribution is -2.18. The molecule has 0 radical (unpaired) electrons. The van der Waals surface area contributed by atoms with E-state index < -0.39 is 0 Å². The number of benzene rings is 2. The maximum absolute atomic E-state index is 6.56. The monoisotopic (exact) mass is 446 g/mol. The highest BCUT2D eigenvalue weighted by atomic mass is 35.5. The molecule has 0 aliphatic carbocycles. The van der Waals surface area contributed by atoms with Gasteiger partial charge >= 0.3 is 0 Å². The average molecular weight is 447 g/mol. The lowest BCUT2D eigenvalue weighted by Gasteiger charge is -2.16. The molecule has 0 aliphatic heterocycles. The molecule has 1 aromatic heterocycles. The van der Waals surface area contributed by atoms with Crippen molar-refractivity contribution >= 4 is 23.8 Å². The van der Waals surface area contributed by atoms with E-state index in [0.717, 1.165) is 29.8 Å². The topological polar surface area (TPSA) is 64.1 Å². The second-order valence-electron chi connectivity index (χ2n) is 6.90. The van der Waals surface area contributed by atoms with Gasteiger partial charge in [0, 0.05) is 17.5 Å². The van der Waals surface area contributed by atoms with Crippen LogP contribution in [0.1, 0.15) is 42.8 Å². The van der Waals surface area contributed by atoms with Crippen molar-refractivity contribution in [1.29, 1.82) is 0 Å². The minimum Gasteiger partial charge on any atom is -0.490 e. The standard InChI is InChI=1S/C22H27ClN4O2S/c1-4-8-21-25-26-22(30)27(21)24-13-17-11-19(28-5-2)20(12-18(17)23)29-14-16-10-7-6-9-15(16)3/h6-7,9-12,24H,4-5,8,13-14H2,1-3H3,(H,26,30). The molecule has 0 fully saturated rings. The van der Waals surface area contributed by atoms with Crippen molar-refractivity contribution in [2.75, 3.05) is 12.0 Å². The Morgan fingerprint density at radius 3 is 2.63 bits per heavy atom. The predicted molar refractivity (Wildman–Crippen MR) is 123 cm³/mol. The molecular weight excluding hydrogens is 420 g/mol. The smallest absolute Gasteiger partial charge is 0.214 e. The zero-order valence-corrected chi connectivity index (χ0v) is 19.1. The van der Waals surface area contributed by atoms with E-state index >= 15 is 0 Å². The van der Waals surface area contributed by atoms with Gasteiger partial charge in [-0.2, -0.15) is 5.10 Å². The first-order chi connectivity index (χ1) is 14.5. The van der Waals surface area contributed by atoms with E-state index in [9.17, 15) is 0 Å². The fourth-order valence-electron chi connectivity index (χ4n) is 3.07. The van der Waals surface area contributed by atoms with Crippen molar-refractivity contribution in [2.24, 2.45) is 0 Å². The highest BCUT2D eigenvalue weighted by molar-refractivity contribution is 7.71. The minimum absolute atomic E-state index is 0.450. The molecule has 0 amide bonds. The van der Waals surface area contributed by atoms with E-state index in [1.165, 1.54) is 5.56 Å². The molecule has 0 aliphatic rings. The Labute approximate surface area is 187 Å². The SMILES string of the molecule is CCCc1n[nH]c(=S)n1NCc1cc(OCC)c(OCc2ccccc2C)cc1Cl. The molecule has 0 bridgehead atoms. The third kappa shape index (κ3) is 5.34. The van der Waals surface area contributed by atoms with Crippen LogP contribution in [-0.2, 0) is 19.6 Å². The number of H-pyrrole nitrogens is 1. The Bertz CT molecular complexity index is 1050. The lowest BCUT2D eigenvalue weighted by molar-refractivity contribution is 0.268. The molecular formula is C22H27ClN4O2S. The zero-order chi connectivity index (χ0) is 21.5. The van der Waals surface area contributed by atoms with E-state index in [1.54, 1.807) is 4.68 Å². The Balaban J connectivity index is 1.78. The Kier molecular flexibility index (Phi) is 7.76. The van der Waals surface area contributed by atoms with Gasteiger partial charge in [-0.05, 0) is 55.2 Å². The van der Waals surface area contributed by atoms with Crippen LogP contribution < -0.4 is 14.9 Å². The van der Waals surface area contributed by atoms with Gasteiger partial charge < -0.3 is 14.9 Å². The molecule has 0 unspecified atom stereocenters. The van der Waals surface area contributed by atoms with Crippen molar-refractivity contribution in [3.63, 3.8) is 0 Å². The van der Waals surface area contributed by atoms with Crippen molar-refractivity contribution in [2.45, 2.75) is 46.8 Å². The minimum atomic E-state index is 0.450. The van der Waals surface area contributed by atoms with E-state index in [2.05, 4.69) is 41.6 Å². The summed E-state index contributed by atoms with van der Waals surface area (Å²) < 4.78 is 14.2. The Hall–Kier alpha value is -2.51. The van der Waals surface area contributed by atoms with Crippen molar-refractivity contribution in [3.05, 3.63) is 68.7 Å². The van der Waals surface area contributed by atoms with E-state index in [-0.39, 0.29) is 0 Å². The van der Waals surface area contributed by atoms with Crippen LogP contribution in [0.25, 0.3) is 0 Å². The molecule has 160 valence electrons. The maximum atomic E-state index is 6.56. The van der Waals surface area contributed by atoms with Gasteiger partial charge in [-0.15, -0.1) is 0 Å². The van der Waals surface area contributed by atoms with Crippen LogP contribution in [0.2, 0.25) is 5.02 Å². The zero-order valence-electron chi connectivity index (χ0n) is 17.5. The van der Waals surface area contributed by atoms with E-state index in [1.807, 2.05) is 31.2 Å². The van der Waals surface area contributed by atoms with Crippen LogP contribution in [0.15, 0.2) is 36.4 Å². The van der Waals surface area contributed by atoms with Crippen LogP contribution in [0.3, 0.4) is 0 Å². The molecule has 3 rings (SSSR count). The highest BCUT2D eigenvalue weighted by Gasteiger charge is 2.13. The maximum Gasteiger partial charge on any atom is 0.214 e. The fraction of sp³-hybridized carbons (Fsp3) is 0.364. The molecule has 0 spiro atoms. The molecule has 3 aromatic rings. The van der Waals surface area contributed by atoms with Gasteiger partial charge in [0.15, 0.2) is 17.3 Å². The van der Waals surface area contributed by atoms with Gasteiger partial charge in [-0.25, -0.2) is 4.68 Å². The number of nitrogens with zero attached hydrogens (tertiary/aromatic N) is 2. The van der Waals surface area contributed by atoms with Crippen molar-refractivity contribution in [1.82, 2.24) is 14.9 Å². The van der Waals surface area contributed by atoms with Gasteiger partial charge in [-0.3, -0.25) is 5.10 Å². The van der Waals surface area contributed by atoms with Crippen LogP contribution in [-0.4, -0.2) is 21.5 Å². The largest absolute Gasteiger partial charge is 0.490 e. The van der Waals surface area contributed by atoms with Gasteiger partial charge in [-0.1, -0.05) is 42.8 Å². The first-order valence-electron chi connectivity index (χ1n) is 10.1. The summed E-state index contributed by atoms with van der Waals surface area (Å²) in [6, 6.07) is 11.9. The number of nitrogens with one attached hydrogen (secondary N) is 2. The molecule has 2 N–H and O–H groups in total. The summed E-state index contributed by atoms with van der Waals surface area (Å²) in [5.74, 6) is 2.15. The number of hydrogen-bond donors (Lipinski definition) is 2. The van der Waals surface area contributed by atoms with Gasteiger partial charge in [0.1, 0.15) is 6.61 Å². The Morgan fingerprint density at radius 1 is 1.13 bits per heavy atom. The quantitative estimate of drug-likeness (QED) is 0.398. The van der Waals surface area contributed by atoms with Crippen LogP contribution in [0, 0.1) is 11.7 Å². The predicted octanol–water partition coefficient (Wildman–Crippen LogP) is 5.58. The van der Waals surface area contributed by atoms with Crippen molar-refractivity contribution in [3.8, 4) is 11.5 Å². The van der Waals surface area contributed by atoms with E-state index in [0.29, 0.717) is 41.1 Å². The molecule has 0 saturated heterocycles. The van der Waals surface area contributed by atoms with Crippen LogP contribution in [0.5, 0.6) is 11.5 Å². The second kappa shape index (κ2) is 10.5. The summed E-state index contributed by atoms with van der Waals surface area (Å²) in [5.41, 5.74) is 6.49. The lowest BCUT2D eigenvalue weighted by atomic mass is 10.1.